The molecule has 0 N–H and O–H groups in total. The minimum absolute atomic E-state index is 0.111. The van der Waals surface area contributed by atoms with Crippen molar-refractivity contribution in [1.29, 1.82) is 0 Å². The summed E-state index contributed by atoms with van der Waals surface area (Å²) in [5.41, 5.74) is 0. The molecule has 4 heteroatoms. The quantitative estimate of drug-likeness (QED) is 0.256. The van der Waals surface area contributed by atoms with E-state index in [1.807, 2.05) is 11.8 Å². The molecule has 25 heavy (non-hydrogen) atoms. The van der Waals surface area contributed by atoms with E-state index in [4.69, 9.17) is 4.74 Å². The lowest BCUT2D eigenvalue weighted by Crippen LogP contribution is -2.33. The predicted molar refractivity (Wildman–Crippen MR) is 105 cm³/mol. The van der Waals surface area contributed by atoms with Gasteiger partial charge in [0, 0.05) is 19.5 Å². The highest BCUT2D eigenvalue weighted by atomic mass is 16.5. The van der Waals surface area contributed by atoms with Crippen LogP contribution in [0.25, 0.3) is 0 Å². The van der Waals surface area contributed by atoms with Crippen molar-refractivity contribution in [2.45, 2.75) is 104 Å². The number of unbranched alkanes of at least 4 members (excludes halogenated alkanes) is 8. The fraction of sp³-hybridized carbons (Fsp3) is 0.905. The molecule has 0 saturated carbocycles. The van der Waals surface area contributed by atoms with Crippen LogP contribution in [0.5, 0.6) is 0 Å². The lowest BCUT2D eigenvalue weighted by Gasteiger charge is -2.23. The predicted octanol–water partition coefficient (Wildman–Crippen LogP) is 5.49. The van der Waals surface area contributed by atoms with Gasteiger partial charge in [-0.05, 0) is 19.3 Å². The zero-order valence-corrected chi connectivity index (χ0v) is 17.0. The van der Waals surface area contributed by atoms with Gasteiger partial charge in [-0.25, -0.2) is 0 Å². The van der Waals surface area contributed by atoms with Crippen LogP contribution in [0.15, 0.2) is 0 Å². The van der Waals surface area contributed by atoms with E-state index in [1.165, 1.54) is 51.4 Å². The highest BCUT2D eigenvalue weighted by Crippen LogP contribution is 2.09. The number of esters is 1. The zero-order valence-electron chi connectivity index (χ0n) is 17.0. The second-order valence-corrected chi connectivity index (χ2v) is 6.93. The van der Waals surface area contributed by atoms with E-state index in [2.05, 4.69) is 13.8 Å². The van der Waals surface area contributed by atoms with Crippen LogP contribution in [0, 0.1) is 0 Å². The number of rotatable bonds is 17. The summed E-state index contributed by atoms with van der Waals surface area (Å²) >= 11 is 0. The van der Waals surface area contributed by atoms with Crippen LogP contribution < -0.4 is 0 Å². The van der Waals surface area contributed by atoms with Crippen LogP contribution in [0.2, 0.25) is 0 Å². The second kappa shape index (κ2) is 17.8. The summed E-state index contributed by atoms with van der Waals surface area (Å²) in [6.45, 7) is 8.51. The molecule has 0 aliphatic rings. The molecule has 0 aliphatic heterocycles. The second-order valence-electron chi connectivity index (χ2n) is 6.93. The first-order valence-corrected chi connectivity index (χ1v) is 10.6. The highest BCUT2D eigenvalue weighted by Gasteiger charge is 2.15. The van der Waals surface area contributed by atoms with E-state index >= 15 is 0 Å². The average molecular weight is 356 g/mol. The molecule has 0 spiro atoms. The van der Waals surface area contributed by atoms with Gasteiger partial charge in [-0.1, -0.05) is 72.1 Å². The molecular weight excluding hydrogens is 314 g/mol. The van der Waals surface area contributed by atoms with E-state index in [9.17, 15) is 9.59 Å². The molecule has 0 aliphatic carbocycles. The molecule has 0 atom stereocenters. The number of amides is 1. The highest BCUT2D eigenvalue weighted by molar-refractivity contribution is 5.81. The Balaban J connectivity index is 4.18. The van der Waals surface area contributed by atoms with Crippen molar-refractivity contribution in [1.82, 2.24) is 4.90 Å². The van der Waals surface area contributed by atoms with E-state index in [1.54, 1.807) is 0 Å². The number of hydrogen-bond donors (Lipinski definition) is 0. The normalized spacial score (nSPS) is 10.7. The Morgan fingerprint density at radius 3 is 1.68 bits per heavy atom. The SMILES string of the molecule is CCCCCCCN(CCCCCCC)C(=O)CCC(=O)OCCC. The van der Waals surface area contributed by atoms with Crippen LogP contribution in [0.3, 0.4) is 0 Å². The van der Waals surface area contributed by atoms with Crippen molar-refractivity contribution in [3.8, 4) is 0 Å². The summed E-state index contributed by atoms with van der Waals surface area (Å²) in [6.07, 6.45) is 13.3. The fourth-order valence-electron chi connectivity index (χ4n) is 2.83. The lowest BCUT2D eigenvalue weighted by molar-refractivity contribution is -0.146. The number of hydrogen-bond acceptors (Lipinski definition) is 3. The summed E-state index contributed by atoms with van der Waals surface area (Å²) in [5, 5.41) is 0. The summed E-state index contributed by atoms with van der Waals surface area (Å²) in [5.74, 6) is -0.138. The summed E-state index contributed by atoms with van der Waals surface area (Å²) in [6, 6.07) is 0. The van der Waals surface area contributed by atoms with Gasteiger partial charge in [-0.3, -0.25) is 9.59 Å². The Morgan fingerprint density at radius 1 is 0.680 bits per heavy atom. The van der Waals surface area contributed by atoms with Gasteiger partial charge in [-0.15, -0.1) is 0 Å². The average Bonchev–Trinajstić information content (AvgIpc) is 2.62. The molecule has 0 saturated heterocycles. The maximum absolute atomic E-state index is 12.5. The zero-order chi connectivity index (χ0) is 18.8. The smallest absolute Gasteiger partial charge is 0.306 e. The summed E-state index contributed by atoms with van der Waals surface area (Å²) < 4.78 is 5.06. The molecule has 0 aromatic heterocycles. The van der Waals surface area contributed by atoms with Gasteiger partial charge in [0.05, 0.1) is 13.0 Å². The lowest BCUT2D eigenvalue weighted by atomic mass is 10.1. The summed E-state index contributed by atoms with van der Waals surface area (Å²) in [7, 11) is 0. The standard InChI is InChI=1S/C21H41NO3/c1-4-7-9-11-13-17-22(18-14-12-10-8-5-2)20(23)15-16-21(24)25-19-6-3/h4-19H2,1-3H3. The molecule has 4 nitrogen and oxygen atoms in total. The molecule has 0 fully saturated rings. The molecule has 0 aromatic carbocycles. The van der Waals surface area contributed by atoms with Gasteiger partial charge in [0.2, 0.25) is 5.91 Å². The van der Waals surface area contributed by atoms with E-state index < -0.39 is 0 Å². The van der Waals surface area contributed by atoms with Gasteiger partial charge < -0.3 is 9.64 Å². The third kappa shape index (κ3) is 14.9. The third-order valence-corrected chi connectivity index (χ3v) is 4.43. The van der Waals surface area contributed by atoms with Crippen LogP contribution in [-0.2, 0) is 14.3 Å². The number of carbonyl (C=O) groups is 2. The largest absolute Gasteiger partial charge is 0.466 e. The molecule has 0 unspecified atom stereocenters. The van der Waals surface area contributed by atoms with Crippen LogP contribution >= 0.6 is 0 Å². The number of carbonyl (C=O) groups excluding carboxylic acids is 2. The van der Waals surface area contributed by atoms with Crippen molar-refractivity contribution < 1.29 is 14.3 Å². The van der Waals surface area contributed by atoms with Crippen LogP contribution in [-0.4, -0.2) is 36.5 Å². The third-order valence-electron chi connectivity index (χ3n) is 4.43. The maximum atomic E-state index is 12.5. The van der Waals surface area contributed by atoms with E-state index in [0.29, 0.717) is 6.61 Å². The molecule has 1 amide bonds. The van der Waals surface area contributed by atoms with Crippen molar-refractivity contribution in [2.24, 2.45) is 0 Å². The van der Waals surface area contributed by atoms with Gasteiger partial charge >= 0.3 is 5.97 Å². The van der Waals surface area contributed by atoms with E-state index in [0.717, 1.165) is 32.4 Å². The Kier molecular flexibility index (Phi) is 17.0. The first-order valence-electron chi connectivity index (χ1n) is 10.6. The topological polar surface area (TPSA) is 46.6 Å². The molecular formula is C21H41NO3. The van der Waals surface area contributed by atoms with Crippen molar-refractivity contribution >= 4 is 11.9 Å². The fourth-order valence-corrected chi connectivity index (χ4v) is 2.83. The Labute approximate surface area is 155 Å². The number of ether oxygens (including phenoxy) is 1. The molecule has 0 bridgehead atoms. The minimum atomic E-state index is -0.249. The van der Waals surface area contributed by atoms with Crippen LogP contribution in [0.4, 0.5) is 0 Å². The van der Waals surface area contributed by atoms with Gasteiger partial charge in [0.1, 0.15) is 0 Å². The molecule has 0 aromatic rings. The Morgan fingerprint density at radius 2 is 1.20 bits per heavy atom. The monoisotopic (exact) mass is 355 g/mol. The van der Waals surface area contributed by atoms with Crippen LogP contribution in [0.1, 0.15) is 104 Å². The van der Waals surface area contributed by atoms with Crippen molar-refractivity contribution in [3.05, 3.63) is 0 Å². The van der Waals surface area contributed by atoms with Gasteiger partial charge in [0.25, 0.3) is 0 Å². The minimum Gasteiger partial charge on any atom is -0.466 e. The molecule has 148 valence electrons. The van der Waals surface area contributed by atoms with Crippen molar-refractivity contribution in [2.75, 3.05) is 19.7 Å². The molecule has 0 rings (SSSR count). The molecule has 0 radical (unpaired) electrons. The first kappa shape index (κ1) is 23.9. The molecule has 0 heterocycles. The number of nitrogens with zero attached hydrogens (tertiary/aromatic N) is 1. The van der Waals surface area contributed by atoms with E-state index in [-0.39, 0.29) is 24.7 Å². The van der Waals surface area contributed by atoms with Gasteiger partial charge in [0.15, 0.2) is 0 Å². The summed E-state index contributed by atoms with van der Waals surface area (Å²) in [4.78, 5) is 26.1. The van der Waals surface area contributed by atoms with Crippen molar-refractivity contribution in [3.63, 3.8) is 0 Å². The Bertz CT molecular complexity index is 317. The van der Waals surface area contributed by atoms with Gasteiger partial charge in [-0.2, -0.15) is 0 Å². The maximum Gasteiger partial charge on any atom is 0.306 e. The Hall–Kier alpha value is -1.06. The first-order chi connectivity index (χ1) is 12.2.